The predicted octanol–water partition coefficient (Wildman–Crippen LogP) is 1.29. The Morgan fingerprint density at radius 3 is 2.10 bits per heavy atom. The topological polar surface area (TPSA) is 40.5 Å². The van der Waals surface area contributed by atoms with Gasteiger partial charge in [-0.05, 0) is 18.2 Å². The summed E-state index contributed by atoms with van der Waals surface area (Å²) >= 11 is 0. The van der Waals surface area contributed by atoms with Crippen molar-refractivity contribution in [3.63, 3.8) is 0 Å². The Morgan fingerprint density at radius 2 is 1.80 bits per heavy atom. The molecule has 0 saturated heterocycles. The fourth-order valence-electron chi connectivity index (χ4n) is 0.923. The van der Waals surface area contributed by atoms with Crippen molar-refractivity contribution in [3.05, 3.63) is 0 Å². The van der Waals surface area contributed by atoms with E-state index in [-0.39, 0.29) is 5.82 Å². The average molecular weight is 144 g/mol. The first kappa shape index (κ1) is 9.98. The summed E-state index contributed by atoms with van der Waals surface area (Å²) in [5, 5.41) is 17.4. The molecule has 0 bridgehead atoms. The van der Waals surface area contributed by atoms with E-state index in [2.05, 4.69) is 13.8 Å². The summed E-state index contributed by atoms with van der Waals surface area (Å²) in [7, 11) is -1.14. The van der Waals surface area contributed by atoms with E-state index in [1.54, 1.807) is 0 Å². The molecule has 10 heavy (non-hydrogen) atoms. The van der Waals surface area contributed by atoms with E-state index >= 15 is 0 Å². The lowest BCUT2D eigenvalue weighted by molar-refractivity contribution is 0.367. The highest BCUT2D eigenvalue weighted by Crippen LogP contribution is 2.19. The van der Waals surface area contributed by atoms with Crippen LogP contribution in [0.2, 0.25) is 5.82 Å². The van der Waals surface area contributed by atoms with Crippen molar-refractivity contribution in [3.8, 4) is 0 Å². The summed E-state index contributed by atoms with van der Waals surface area (Å²) in [6.07, 6.45) is 2.01. The molecule has 0 aromatic carbocycles. The molecule has 0 saturated carbocycles. The normalized spacial score (nSPS) is 16.5. The fraction of sp³-hybridized carbons (Fsp3) is 1.00. The van der Waals surface area contributed by atoms with Crippen LogP contribution in [0.1, 0.15) is 33.6 Å². The van der Waals surface area contributed by atoms with Gasteiger partial charge in [-0.2, -0.15) is 0 Å². The van der Waals surface area contributed by atoms with Crippen LogP contribution in [-0.2, 0) is 0 Å². The third-order valence-corrected chi connectivity index (χ3v) is 1.98. The van der Waals surface area contributed by atoms with Crippen LogP contribution in [0, 0.1) is 5.92 Å². The van der Waals surface area contributed by atoms with Crippen molar-refractivity contribution >= 4 is 7.12 Å². The van der Waals surface area contributed by atoms with Gasteiger partial charge in [-0.25, -0.2) is 0 Å². The first-order valence-electron chi connectivity index (χ1n) is 3.94. The minimum absolute atomic E-state index is 0.00921. The van der Waals surface area contributed by atoms with Gasteiger partial charge < -0.3 is 10.0 Å². The molecule has 0 spiro atoms. The van der Waals surface area contributed by atoms with E-state index in [0.717, 1.165) is 12.8 Å². The number of hydrogen-bond donors (Lipinski definition) is 2. The maximum absolute atomic E-state index is 8.72. The largest absolute Gasteiger partial charge is 0.454 e. The molecule has 3 heteroatoms. The Hall–Kier alpha value is -0.0151. The van der Waals surface area contributed by atoms with E-state index in [9.17, 15) is 0 Å². The first-order chi connectivity index (χ1) is 4.57. The molecule has 2 atom stereocenters. The zero-order valence-electron chi connectivity index (χ0n) is 7.04. The predicted molar refractivity (Wildman–Crippen MR) is 43.7 cm³/mol. The molecule has 0 aromatic heterocycles. The van der Waals surface area contributed by atoms with E-state index in [1.165, 1.54) is 0 Å². The van der Waals surface area contributed by atoms with Crippen LogP contribution < -0.4 is 0 Å². The molecule has 0 fully saturated rings. The number of hydrogen-bond acceptors (Lipinski definition) is 2. The van der Waals surface area contributed by atoms with Crippen molar-refractivity contribution in [1.82, 2.24) is 0 Å². The Bertz CT molecular complexity index is 85.7. The van der Waals surface area contributed by atoms with Crippen molar-refractivity contribution in [2.75, 3.05) is 0 Å². The Kier molecular flexibility index (Phi) is 4.74. The summed E-state index contributed by atoms with van der Waals surface area (Å²) in [6, 6.07) is 0. The standard InChI is InChI=1S/C7H17BO2/c1-4-6(2)5-7(3)8(9)10/h6-7,9-10H,4-5H2,1-3H3/t6-,7?/m1/s1. The molecule has 0 radical (unpaired) electrons. The molecule has 0 aliphatic heterocycles. The molecule has 0 aromatic rings. The van der Waals surface area contributed by atoms with Crippen LogP contribution in [0.4, 0.5) is 0 Å². The van der Waals surface area contributed by atoms with Crippen LogP contribution in [0.25, 0.3) is 0 Å². The van der Waals surface area contributed by atoms with Crippen molar-refractivity contribution in [1.29, 1.82) is 0 Å². The van der Waals surface area contributed by atoms with Crippen LogP contribution in [0.15, 0.2) is 0 Å². The molecule has 60 valence electrons. The highest BCUT2D eigenvalue weighted by atomic mass is 16.4. The molecular weight excluding hydrogens is 127 g/mol. The van der Waals surface area contributed by atoms with Gasteiger partial charge in [0.1, 0.15) is 0 Å². The van der Waals surface area contributed by atoms with E-state index in [0.29, 0.717) is 5.92 Å². The van der Waals surface area contributed by atoms with Crippen molar-refractivity contribution < 1.29 is 10.0 Å². The molecule has 2 N–H and O–H groups in total. The van der Waals surface area contributed by atoms with Crippen LogP contribution in [0.5, 0.6) is 0 Å². The molecule has 0 rings (SSSR count). The van der Waals surface area contributed by atoms with Gasteiger partial charge in [-0.1, -0.05) is 27.2 Å². The van der Waals surface area contributed by atoms with Crippen molar-refractivity contribution in [2.24, 2.45) is 5.92 Å². The highest BCUT2D eigenvalue weighted by Gasteiger charge is 2.19. The van der Waals surface area contributed by atoms with Gasteiger partial charge in [0.15, 0.2) is 0 Å². The molecule has 1 unspecified atom stereocenters. The smallest absolute Gasteiger partial charge is 0.427 e. The second-order valence-electron chi connectivity index (χ2n) is 3.14. The van der Waals surface area contributed by atoms with Crippen LogP contribution in [0.3, 0.4) is 0 Å². The summed E-state index contributed by atoms with van der Waals surface area (Å²) in [4.78, 5) is 0. The Balaban J connectivity index is 3.46. The van der Waals surface area contributed by atoms with E-state index in [1.807, 2.05) is 6.92 Å². The SMILES string of the molecule is CC[C@@H](C)CC(C)B(O)O. The lowest BCUT2D eigenvalue weighted by Crippen LogP contribution is -2.19. The summed E-state index contributed by atoms with van der Waals surface area (Å²) < 4.78 is 0. The Morgan fingerprint density at radius 1 is 1.30 bits per heavy atom. The second-order valence-corrected chi connectivity index (χ2v) is 3.14. The molecule has 0 heterocycles. The molecular formula is C7H17BO2. The fourth-order valence-corrected chi connectivity index (χ4v) is 0.923. The quantitative estimate of drug-likeness (QED) is 0.583. The van der Waals surface area contributed by atoms with Gasteiger partial charge >= 0.3 is 7.12 Å². The summed E-state index contributed by atoms with van der Waals surface area (Å²) in [5.74, 6) is 0.603. The van der Waals surface area contributed by atoms with Gasteiger partial charge in [0.2, 0.25) is 0 Å². The monoisotopic (exact) mass is 144 g/mol. The van der Waals surface area contributed by atoms with Gasteiger partial charge in [0, 0.05) is 0 Å². The molecule has 2 nitrogen and oxygen atoms in total. The molecule has 0 aliphatic rings. The molecule has 0 aliphatic carbocycles. The van der Waals surface area contributed by atoms with Gasteiger partial charge in [0.25, 0.3) is 0 Å². The maximum Gasteiger partial charge on any atom is 0.454 e. The maximum atomic E-state index is 8.72. The lowest BCUT2D eigenvalue weighted by atomic mass is 9.70. The second kappa shape index (κ2) is 4.75. The first-order valence-corrected chi connectivity index (χ1v) is 3.94. The van der Waals surface area contributed by atoms with Crippen LogP contribution >= 0.6 is 0 Å². The third kappa shape index (κ3) is 3.91. The van der Waals surface area contributed by atoms with Gasteiger partial charge in [0.05, 0.1) is 0 Å². The highest BCUT2D eigenvalue weighted by molar-refractivity contribution is 6.42. The van der Waals surface area contributed by atoms with E-state index in [4.69, 9.17) is 10.0 Å². The average Bonchev–Trinajstić information content (AvgIpc) is 1.87. The van der Waals surface area contributed by atoms with Crippen LogP contribution in [-0.4, -0.2) is 17.2 Å². The van der Waals surface area contributed by atoms with Gasteiger partial charge in [-0.3, -0.25) is 0 Å². The Labute approximate surface area is 63.4 Å². The zero-order valence-corrected chi connectivity index (χ0v) is 7.04. The minimum atomic E-state index is -1.14. The lowest BCUT2D eigenvalue weighted by Gasteiger charge is -2.13. The van der Waals surface area contributed by atoms with Gasteiger partial charge in [-0.15, -0.1) is 0 Å². The van der Waals surface area contributed by atoms with Crippen molar-refractivity contribution in [2.45, 2.75) is 39.4 Å². The number of rotatable bonds is 4. The zero-order chi connectivity index (χ0) is 8.15. The summed E-state index contributed by atoms with van der Waals surface area (Å²) in [5.41, 5.74) is 0. The molecule has 0 amide bonds. The minimum Gasteiger partial charge on any atom is -0.427 e. The van der Waals surface area contributed by atoms with E-state index < -0.39 is 7.12 Å². The third-order valence-electron chi connectivity index (χ3n) is 1.98. The summed E-state index contributed by atoms with van der Waals surface area (Å²) in [6.45, 7) is 6.09.